The molecule has 1 aromatic rings. The lowest BCUT2D eigenvalue weighted by atomic mass is 10.1. The molecule has 0 radical (unpaired) electrons. The van der Waals surface area contributed by atoms with Crippen LogP contribution in [0.1, 0.15) is 24.8 Å². The highest BCUT2D eigenvalue weighted by atomic mass is 16.2. The van der Waals surface area contributed by atoms with Crippen LogP contribution in [0.5, 0.6) is 0 Å². The molecule has 0 bridgehead atoms. The fourth-order valence-corrected chi connectivity index (χ4v) is 1.74. The van der Waals surface area contributed by atoms with Crippen molar-refractivity contribution in [3.05, 3.63) is 23.8 Å². The molecule has 0 aliphatic rings. The standard InChI is InChI=1S/C13H19N3O/c1-16(8-3-2-4-9-17)12-7-5-6-11(10-14)13(12)15/h5-7,17H,2-4,8-9,15H2,1H3. The SMILES string of the molecule is CN(CCCCCO)c1cccc(C#N)c1N. The van der Waals surface area contributed by atoms with Crippen LogP contribution in [0.15, 0.2) is 18.2 Å². The molecule has 4 heteroatoms. The van der Waals surface area contributed by atoms with Crippen LogP contribution in [0.2, 0.25) is 0 Å². The maximum atomic E-state index is 8.89. The summed E-state index contributed by atoms with van der Waals surface area (Å²) in [7, 11) is 1.96. The molecule has 0 unspecified atom stereocenters. The van der Waals surface area contributed by atoms with Crippen LogP contribution in [0.25, 0.3) is 0 Å². The van der Waals surface area contributed by atoms with E-state index in [2.05, 4.69) is 6.07 Å². The van der Waals surface area contributed by atoms with Gasteiger partial charge >= 0.3 is 0 Å². The predicted octanol–water partition coefficient (Wildman–Crippen LogP) is 1.74. The molecule has 92 valence electrons. The highest BCUT2D eigenvalue weighted by Gasteiger charge is 2.08. The van der Waals surface area contributed by atoms with Crippen LogP contribution in [0.3, 0.4) is 0 Å². The Kier molecular flexibility index (Phi) is 5.31. The van der Waals surface area contributed by atoms with Crippen LogP contribution in [0, 0.1) is 11.3 Å². The number of para-hydroxylation sites is 1. The third-order valence-electron chi connectivity index (χ3n) is 2.77. The van der Waals surface area contributed by atoms with Gasteiger partial charge in [-0.15, -0.1) is 0 Å². The van der Waals surface area contributed by atoms with E-state index in [4.69, 9.17) is 16.1 Å². The molecule has 0 heterocycles. The number of nitrogens with zero attached hydrogens (tertiary/aromatic N) is 2. The lowest BCUT2D eigenvalue weighted by Gasteiger charge is -2.21. The molecule has 0 aliphatic carbocycles. The summed E-state index contributed by atoms with van der Waals surface area (Å²) in [6.07, 6.45) is 2.84. The Hall–Kier alpha value is -1.73. The molecule has 1 aromatic carbocycles. The van der Waals surface area contributed by atoms with Gasteiger partial charge in [-0.05, 0) is 31.4 Å². The zero-order chi connectivity index (χ0) is 12.7. The predicted molar refractivity (Wildman–Crippen MR) is 69.8 cm³/mol. The molecule has 4 nitrogen and oxygen atoms in total. The highest BCUT2D eigenvalue weighted by molar-refractivity contribution is 5.73. The number of benzene rings is 1. The Labute approximate surface area is 102 Å². The van der Waals surface area contributed by atoms with Crippen molar-refractivity contribution in [3.63, 3.8) is 0 Å². The average molecular weight is 233 g/mol. The summed E-state index contributed by atoms with van der Waals surface area (Å²) >= 11 is 0. The molecule has 17 heavy (non-hydrogen) atoms. The van der Waals surface area contributed by atoms with E-state index in [9.17, 15) is 0 Å². The molecular formula is C13H19N3O. The van der Waals surface area contributed by atoms with Gasteiger partial charge in [0.15, 0.2) is 0 Å². The number of nitriles is 1. The summed E-state index contributed by atoms with van der Waals surface area (Å²) in [4.78, 5) is 2.05. The monoisotopic (exact) mass is 233 g/mol. The van der Waals surface area contributed by atoms with E-state index >= 15 is 0 Å². The van der Waals surface area contributed by atoms with Gasteiger partial charge < -0.3 is 15.7 Å². The first-order valence-corrected chi connectivity index (χ1v) is 5.81. The Morgan fingerprint density at radius 3 is 2.76 bits per heavy atom. The van der Waals surface area contributed by atoms with Crippen molar-refractivity contribution in [1.82, 2.24) is 0 Å². The van der Waals surface area contributed by atoms with Gasteiger partial charge in [-0.1, -0.05) is 6.07 Å². The van der Waals surface area contributed by atoms with E-state index in [-0.39, 0.29) is 6.61 Å². The minimum absolute atomic E-state index is 0.246. The van der Waals surface area contributed by atoms with E-state index in [0.29, 0.717) is 11.3 Å². The van der Waals surface area contributed by atoms with Crippen molar-refractivity contribution in [2.45, 2.75) is 19.3 Å². The van der Waals surface area contributed by atoms with Gasteiger partial charge in [0.2, 0.25) is 0 Å². The normalized spacial score (nSPS) is 9.94. The van der Waals surface area contributed by atoms with Gasteiger partial charge in [0.1, 0.15) is 6.07 Å². The molecular weight excluding hydrogens is 214 g/mol. The molecule has 0 fully saturated rings. The van der Waals surface area contributed by atoms with Crippen LogP contribution >= 0.6 is 0 Å². The number of hydrogen-bond donors (Lipinski definition) is 2. The van der Waals surface area contributed by atoms with Crippen molar-refractivity contribution in [1.29, 1.82) is 5.26 Å². The number of nitrogens with two attached hydrogens (primary N) is 1. The molecule has 0 amide bonds. The molecule has 0 aliphatic heterocycles. The smallest absolute Gasteiger partial charge is 0.101 e. The summed E-state index contributed by atoms with van der Waals surface area (Å²) < 4.78 is 0. The Bertz CT molecular complexity index is 398. The van der Waals surface area contributed by atoms with Gasteiger partial charge in [0, 0.05) is 20.2 Å². The van der Waals surface area contributed by atoms with E-state index in [1.807, 2.05) is 24.1 Å². The van der Waals surface area contributed by atoms with Crippen LogP contribution < -0.4 is 10.6 Å². The Morgan fingerprint density at radius 2 is 2.12 bits per heavy atom. The summed E-state index contributed by atoms with van der Waals surface area (Å²) in [5, 5.41) is 17.6. The number of anilines is 2. The zero-order valence-corrected chi connectivity index (χ0v) is 10.2. The summed E-state index contributed by atoms with van der Waals surface area (Å²) in [5.74, 6) is 0. The van der Waals surface area contributed by atoms with Crippen LogP contribution in [0.4, 0.5) is 11.4 Å². The Morgan fingerprint density at radius 1 is 1.35 bits per heavy atom. The molecule has 0 spiro atoms. The van der Waals surface area contributed by atoms with Crippen LogP contribution in [-0.2, 0) is 0 Å². The van der Waals surface area contributed by atoms with Crippen molar-refractivity contribution in [3.8, 4) is 6.07 Å². The fraction of sp³-hybridized carbons (Fsp3) is 0.462. The number of unbranched alkanes of at least 4 members (excludes halogenated alkanes) is 2. The second kappa shape index (κ2) is 6.77. The molecule has 0 aromatic heterocycles. The molecule has 0 saturated carbocycles. The summed E-state index contributed by atoms with van der Waals surface area (Å²) in [5.41, 5.74) is 7.88. The Balaban J connectivity index is 2.63. The van der Waals surface area contributed by atoms with E-state index < -0.39 is 0 Å². The first kappa shape index (κ1) is 13.3. The van der Waals surface area contributed by atoms with E-state index in [0.717, 1.165) is 31.5 Å². The van der Waals surface area contributed by atoms with Crippen LogP contribution in [-0.4, -0.2) is 25.3 Å². The van der Waals surface area contributed by atoms with Gasteiger partial charge in [-0.2, -0.15) is 5.26 Å². The topological polar surface area (TPSA) is 73.3 Å². The number of hydrogen-bond acceptors (Lipinski definition) is 4. The number of rotatable bonds is 6. The van der Waals surface area contributed by atoms with E-state index in [1.54, 1.807) is 6.07 Å². The molecule has 0 saturated heterocycles. The minimum atomic E-state index is 0.246. The highest BCUT2D eigenvalue weighted by Crippen LogP contribution is 2.25. The molecule has 0 atom stereocenters. The van der Waals surface area contributed by atoms with E-state index in [1.165, 1.54) is 0 Å². The number of nitrogen functional groups attached to an aromatic ring is 1. The first-order valence-electron chi connectivity index (χ1n) is 5.81. The summed E-state index contributed by atoms with van der Waals surface area (Å²) in [6, 6.07) is 7.56. The van der Waals surface area contributed by atoms with Crippen molar-refractivity contribution in [2.75, 3.05) is 30.8 Å². The van der Waals surface area contributed by atoms with Crippen molar-refractivity contribution >= 4 is 11.4 Å². The average Bonchev–Trinajstić information content (AvgIpc) is 2.34. The fourth-order valence-electron chi connectivity index (χ4n) is 1.74. The zero-order valence-electron chi connectivity index (χ0n) is 10.2. The molecule has 1 rings (SSSR count). The quantitative estimate of drug-likeness (QED) is 0.580. The lowest BCUT2D eigenvalue weighted by molar-refractivity contribution is 0.283. The lowest BCUT2D eigenvalue weighted by Crippen LogP contribution is -2.20. The number of aliphatic hydroxyl groups is 1. The largest absolute Gasteiger partial charge is 0.396 e. The first-order chi connectivity index (χ1) is 8.20. The van der Waals surface area contributed by atoms with Gasteiger partial charge in [0.05, 0.1) is 16.9 Å². The second-order valence-electron chi connectivity index (χ2n) is 4.06. The van der Waals surface area contributed by atoms with Gasteiger partial charge in [-0.3, -0.25) is 0 Å². The maximum Gasteiger partial charge on any atom is 0.101 e. The molecule has 3 N–H and O–H groups in total. The van der Waals surface area contributed by atoms with Gasteiger partial charge in [0.25, 0.3) is 0 Å². The van der Waals surface area contributed by atoms with Crippen molar-refractivity contribution < 1.29 is 5.11 Å². The maximum absolute atomic E-state index is 8.89. The third kappa shape index (κ3) is 3.65. The third-order valence-corrected chi connectivity index (χ3v) is 2.77. The summed E-state index contributed by atoms with van der Waals surface area (Å²) in [6.45, 7) is 1.12. The second-order valence-corrected chi connectivity index (χ2v) is 4.06. The minimum Gasteiger partial charge on any atom is -0.396 e. The number of aliphatic hydroxyl groups excluding tert-OH is 1. The van der Waals surface area contributed by atoms with Gasteiger partial charge in [-0.25, -0.2) is 0 Å². The van der Waals surface area contributed by atoms with Crippen molar-refractivity contribution in [2.24, 2.45) is 0 Å².